The van der Waals surface area contributed by atoms with Crippen molar-refractivity contribution < 1.29 is 14.3 Å². The van der Waals surface area contributed by atoms with E-state index in [0.717, 1.165) is 22.9 Å². The number of ether oxygens (including phenoxy) is 1. The molecule has 0 atom stereocenters. The Bertz CT molecular complexity index is 928. The maximum absolute atomic E-state index is 12.3. The molecule has 25 heavy (non-hydrogen) atoms. The first kappa shape index (κ1) is 16.8. The number of benzene rings is 2. The minimum atomic E-state index is -0.505. The second-order valence-electron chi connectivity index (χ2n) is 5.85. The van der Waals surface area contributed by atoms with Crippen molar-refractivity contribution in [3.63, 3.8) is 0 Å². The van der Waals surface area contributed by atoms with Gasteiger partial charge in [0, 0.05) is 29.8 Å². The third kappa shape index (κ3) is 3.71. The van der Waals surface area contributed by atoms with E-state index in [0.29, 0.717) is 11.3 Å². The van der Waals surface area contributed by atoms with Crippen molar-refractivity contribution in [1.82, 2.24) is 4.57 Å². The van der Waals surface area contributed by atoms with Crippen LogP contribution in [0.3, 0.4) is 0 Å². The summed E-state index contributed by atoms with van der Waals surface area (Å²) in [5, 5.41) is 3.56. The molecular formula is C20H20N2O3. The van der Waals surface area contributed by atoms with Gasteiger partial charge in [0.1, 0.15) is 0 Å². The number of anilines is 1. The number of fused-ring (bicyclic) bond motifs is 1. The Labute approximate surface area is 146 Å². The lowest BCUT2D eigenvalue weighted by Gasteiger charge is -2.07. The molecule has 0 radical (unpaired) electrons. The zero-order valence-electron chi connectivity index (χ0n) is 14.3. The van der Waals surface area contributed by atoms with E-state index in [4.69, 9.17) is 4.74 Å². The number of aryl methyl sites for hydroxylation is 2. The number of hydrogen-bond acceptors (Lipinski definition) is 3. The van der Waals surface area contributed by atoms with Crippen LogP contribution in [0.25, 0.3) is 10.9 Å². The lowest BCUT2D eigenvalue weighted by molar-refractivity contribution is -0.119. The normalized spacial score (nSPS) is 10.6. The average Bonchev–Trinajstić information content (AvgIpc) is 2.97. The maximum atomic E-state index is 12.3. The van der Waals surface area contributed by atoms with Gasteiger partial charge in [0.05, 0.1) is 5.56 Å². The van der Waals surface area contributed by atoms with Crippen molar-refractivity contribution in [2.24, 2.45) is 7.05 Å². The Balaban J connectivity index is 1.64. The van der Waals surface area contributed by atoms with Crippen LogP contribution in [-0.2, 0) is 23.0 Å². The quantitative estimate of drug-likeness (QED) is 0.725. The first-order valence-electron chi connectivity index (χ1n) is 8.18. The van der Waals surface area contributed by atoms with Gasteiger partial charge in [-0.2, -0.15) is 0 Å². The highest BCUT2D eigenvalue weighted by atomic mass is 16.5. The Hall–Kier alpha value is -3.08. The van der Waals surface area contributed by atoms with Crippen LogP contribution < -0.4 is 5.32 Å². The fourth-order valence-electron chi connectivity index (χ4n) is 2.78. The van der Waals surface area contributed by atoms with Gasteiger partial charge in [0.15, 0.2) is 6.61 Å². The highest BCUT2D eigenvalue weighted by Gasteiger charge is 2.16. The summed E-state index contributed by atoms with van der Waals surface area (Å²) in [5.74, 6) is -0.865. The first-order chi connectivity index (χ1) is 12.1. The second kappa shape index (κ2) is 7.21. The molecule has 0 spiro atoms. The number of rotatable bonds is 5. The molecule has 1 N–H and O–H groups in total. The van der Waals surface area contributed by atoms with Gasteiger partial charge >= 0.3 is 5.97 Å². The molecule has 0 fully saturated rings. The monoisotopic (exact) mass is 336 g/mol. The molecule has 0 aliphatic rings. The van der Waals surface area contributed by atoms with Crippen LogP contribution in [0.5, 0.6) is 0 Å². The molecule has 3 aromatic rings. The smallest absolute Gasteiger partial charge is 0.340 e. The van der Waals surface area contributed by atoms with E-state index in [9.17, 15) is 9.59 Å². The van der Waals surface area contributed by atoms with E-state index in [1.807, 2.05) is 67.1 Å². The fourth-order valence-corrected chi connectivity index (χ4v) is 2.78. The third-order valence-electron chi connectivity index (χ3n) is 4.07. The predicted molar refractivity (Wildman–Crippen MR) is 97.7 cm³/mol. The van der Waals surface area contributed by atoms with Gasteiger partial charge in [0.2, 0.25) is 0 Å². The third-order valence-corrected chi connectivity index (χ3v) is 4.07. The Morgan fingerprint density at radius 3 is 2.72 bits per heavy atom. The van der Waals surface area contributed by atoms with Gasteiger partial charge in [-0.25, -0.2) is 4.79 Å². The average molecular weight is 336 g/mol. The number of carbonyl (C=O) groups is 2. The van der Waals surface area contributed by atoms with E-state index in [1.54, 1.807) is 6.20 Å². The van der Waals surface area contributed by atoms with E-state index in [-0.39, 0.29) is 12.5 Å². The molecule has 1 aromatic heterocycles. The van der Waals surface area contributed by atoms with E-state index < -0.39 is 5.97 Å². The predicted octanol–water partition coefficient (Wildman–Crippen LogP) is 3.54. The van der Waals surface area contributed by atoms with Gasteiger partial charge in [-0.1, -0.05) is 37.3 Å². The number of esters is 1. The highest BCUT2D eigenvalue weighted by Crippen LogP contribution is 2.21. The summed E-state index contributed by atoms with van der Waals surface area (Å²) in [4.78, 5) is 24.3. The molecule has 0 saturated carbocycles. The molecule has 128 valence electrons. The van der Waals surface area contributed by atoms with Crippen molar-refractivity contribution in [3.8, 4) is 0 Å². The molecule has 2 aromatic carbocycles. The largest absolute Gasteiger partial charge is 0.452 e. The topological polar surface area (TPSA) is 60.3 Å². The number of nitrogens with zero attached hydrogens (tertiary/aromatic N) is 1. The Morgan fingerprint density at radius 1 is 1.12 bits per heavy atom. The first-order valence-corrected chi connectivity index (χ1v) is 8.18. The van der Waals surface area contributed by atoms with Crippen LogP contribution in [0.15, 0.2) is 54.7 Å². The number of para-hydroxylation sites is 1. The van der Waals surface area contributed by atoms with Crippen LogP contribution in [0.4, 0.5) is 5.69 Å². The van der Waals surface area contributed by atoms with Crippen molar-refractivity contribution in [1.29, 1.82) is 0 Å². The van der Waals surface area contributed by atoms with Crippen molar-refractivity contribution in [3.05, 3.63) is 65.9 Å². The number of nitrogens with one attached hydrogen (secondary N) is 1. The molecule has 3 rings (SSSR count). The molecule has 0 bridgehead atoms. The lowest BCUT2D eigenvalue weighted by Crippen LogP contribution is -2.20. The zero-order valence-corrected chi connectivity index (χ0v) is 14.3. The summed E-state index contributed by atoms with van der Waals surface area (Å²) in [6.07, 6.45) is 2.61. The molecule has 5 nitrogen and oxygen atoms in total. The van der Waals surface area contributed by atoms with Crippen molar-refractivity contribution >= 4 is 28.5 Å². The van der Waals surface area contributed by atoms with Gasteiger partial charge in [-0.15, -0.1) is 0 Å². The molecule has 1 amide bonds. The van der Waals surface area contributed by atoms with E-state index in [2.05, 4.69) is 5.32 Å². The summed E-state index contributed by atoms with van der Waals surface area (Å²) >= 11 is 0. The molecule has 0 aliphatic heterocycles. The van der Waals surface area contributed by atoms with Gasteiger partial charge < -0.3 is 14.6 Å². The fraction of sp³-hybridized carbons (Fsp3) is 0.200. The van der Waals surface area contributed by atoms with Crippen LogP contribution >= 0.6 is 0 Å². The Morgan fingerprint density at radius 2 is 1.92 bits per heavy atom. The maximum Gasteiger partial charge on any atom is 0.340 e. The van der Waals surface area contributed by atoms with Crippen LogP contribution in [0.2, 0.25) is 0 Å². The van der Waals surface area contributed by atoms with Crippen molar-refractivity contribution in [2.75, 3.05) is 11.9 Å². The van der Waals surface area contributed by atoms with Gasteiger partial charge in [-0.3, -0.25) is 4.79 Å². The van der Waals surface area contributed by atoms with Crippen LogP contribution in [0, 0.1) is 0 Å². The summed E-state index contributed by atoms with van der Waals surface area (Å²) in [6, 6.07) is 15.2. The summed E-state index contributed by atoms with van der Waals surface area (Å²) in [5.41, 5.74) is 3.23. The SMILES string of the molecule is CCc1cccc(NC(=O)COC(=O)c2cn(C)c3ccccc23)c1. The molecule has 1 heterocycles. The molecule has 0 unspecified atom stereocenters. The van der Waals surface area contributed by atoms with Gasteiger partial charge in [0.25, 0.3) is 5.91 Å². The lowest BCUT2D eigenvalue weighted by atomic mass is 10.1. The zero-order chi connectivity index (χ0) is 17.8. The summed E-state index contributed by atoms with van der Waals surface area (Å²) < 4.78 is 7.04. The minimum Gasteiger partial charge on any atom is -0.452 e. The van der Waals surface area contributed by atoms with Crippen LogP contribution in [0.1, 0.15) is 22.8 Å². The number of aromatic nitrogens is 1. The number of hydrogen-bond donors (Lipinski definition) is 1. The number of amides is 1. The molecule has 0 saturated heterocycles. The standard InChI is InChI=1S/C20H20N2O3/c1-3-14-7-6-8-15(11-14)21-19(23)13-25-20(24)17-12-22(2)18-10-5-4-9-16(17)18/h4-12H,3,13H2,1-2H3,(H,21,23). The van der Waals surface area contributed by atoms with Gasteiger partial charge in [-0.05, 0) is 30.2 Å². The minimum absolute atomic E-state index is 0.321. The van der Waals surface area contributed by atoms with E-state index in [1.165, 1.54) is 0 Å². The molecular weight excluding hydrogens is 316 g/mol. The molecule has 0 aliphatic carbocycles. The second-order valence-corrected chi connectivity index (χ2v) is 5.85. The summed E-state index contributed by atoms with van der Waals surface area (Å²) in [6.45, 7) is 1.73. The van der Waals surface area contributed by atoms with E-state index >= 15 is 0 Å². The Kier molecular flexibility index (Phi) is 4.84. The molecule has 5 heteroatoms. The van der Waals surface area contributed by atoms with Crippen LogP contribution in [-0.4, -0.2) is 23.1 Å². The van der Waals surface area contributed by atoms with Crippen molar-refractivity contribution in [2.45, 2.75) is 13.3 Å². The summed E-state index contributed by atoms with van der Waals surface area (Å²) in [7, 11) is 1.87. The highest BCUT2D eigenvalue weighted by molar-refractivity contribution is 6.05. The number of carbonyl (C=O) groups excluding carboxylic acids is 2.